The fraction of sp³-hybridized carbons (Fsp3) is 0.200. The zero-order valence-electron chi connectivity index (χ0n) is 7.05. The van der Waals surface area contributed by atoms with Crippen LogP contribution in [0.25, 0.3) is 0 Å². The molecule has 2 N–H and O–H groups in total. The molecule has 1 rings (SSSR count). The number of benzene rings is 1. The third-order valence-corrected chi connectivity index (χ3v) is 1.70. The largest absolute Gasteiger partial charge is 0.321 e. The van der Waals surface area contributed by atoms with Crippen LogP contribution in [-0.4, -0.2) is 0 Å². The molecule has 0 spiro atoms. The summed E-state index contributed by atoms with van der Waals surface area (Å²) in [5.74, 6) is -0.248. The van der Waals surface area contributed by atoms with Crippen LogP contribution in [0.2, 0.25) is 0 Å². The van der Waals surface area contributed by atoms with Gasteiger partial charge >= 0.3 is 0 Å². The van der Waals surface area contributed by atoms with Crippen molar-refractivity contribution in [2.75, 3.05) is 0 Å². The van der Waals surface area contributed by atoms with E-state index in [2.05, 4.69) is 6.58 Å². The number of hydrogen-bond donors (Lipinski definition) is 1. The van der Waals surface area contributed by atoms with Gasteiger partial charge in [-0.1, -0.05) is 12.1 Å². The van der Waals surface area contributed by atoms with Crippen molar-refractivity contribution >= 4 is 0 Å². The third kappa shape index (κ3) is 1.92. The number of aryl methyl sites for hydroxylation is 1. The van der Waals surface area contributed by atoms with E-state index in [1.165, 1.54) is 12.1 Å². The minimum Gasteiger partial charge on any atom is -0.321 e. The molecule has 0 fully saturated rings. The molecule has 0 aromatic heterocycles. The highest BCUT2D eigenvalue weighted by Crippen LogP contribution is 2.14. The Morgan fingerprint density at radius 2 is 2.17 bits per heavy atom. The Hall–Kier alpha value is -1.15. The van der Waals surface area contributed by atoms with Crippen LogP contribution < -0.4 is 5.73 Å². The van der Waals surface area contributed by atoms with Crippen LogP contribution in [0.3, 0.4) is 0 Å². The molecule has 1 atom stereocenters. The summed E-state index contributed by atoms with van der Waals surface area (Å²) in [5, 5.41) is 0. The molecule has 64 valence electrons. The quantitative estimate of drug-likeness (QED) is 0.669. The molecule has 2 heteroatoms. The fourth-order valence-corrected chi connectivity index (χ4v) is 1.09. The first-order chi connectivity index (χ1) is 5.63. The zero-order chi connectivity index (χ0) is 9.14. The maximum Gasteiger partial charge on any atom is 0.123 e. The van der Waals surface area contributed by atoms with Gasteiger partial charge in [-0.3, -0.25) is 0 Å². The van der Waals surface area contributed by atoms with Crippen molar-refractivity contribution in [3.8, 4) is 0 Å². The first-order valence-electron chi connectivity index (χ1n) is 3.78. The molecule has 0 unspecified atom stereocenters. The Bertz CT molecular complexity index is 274. The lowest BCUT2D eigenvalue weighted by molar-refractivity contribution is 0.622. The Balaban J connectivity index is 3.08. The van der Waals surface area contributed by atoms with Crippen molar-refractivity contribution in [2.45, 2.75) is 13.0 Å². The summed E-state index contributed by atoms with van der Waals surface area (Å²) in [5.41, 5.74) is 7.29. The highest BCUT2D eigenvalue weighted by Gasteiger charge is 2.02. The van der Waals surface area contributed by atoms with Crippen LogP contribution in [-0.2, 0) is 0 Å². The summed E-state index contributed by atoms with van der Waals surface area (Å²) in [6.07, 6.45) is 1.59. The standard InChI is InChI=1S/C10H12FN/c1-3-10(12)8-4-7(2)5-9(11)6-8/h3-6,10H,1,12H2,2H3/t10-/m0/s1. The SMILES string of the molecule is C=C[C@H](N)c1cc(C)cc(F)c1. The number of hydrogen-bond acceptors (Lipinski definition) is 1. The number of nitrogens with two attached hydrogens (primary N) is 1. The monoisotopic (exact) mass is 165 g/mol. The van der Waals surface area contributed by atoms with Gasteiger partial charge in [0.1, 0.15) is 5.82 Å². The maximum absolute atomic E-state index is 12.8. The molecule has 0 heterocycles. The first-order valence-corrected chi connectivity index (χ1v) is 3.78. The van der Waals surface area contributed by atoms with E-state index in [-0.39, 0.29) is 11.9 Å². The molecule has 0 amide bonds. The van der Waals surface area contributed by atoms with Crippen LogP contribution in [0.5, 0.6) is 0 Å². The molecule has 1 aromatic rings. The van der Waals surface area contributed by atoms with Crippen LogP contribution in [0.4, 0.5) is 4.39 Å². The van der Waals surface area contributed by atoms with Gasteiger partial charge in [-0.15, -0.1) is 6.58 Å². The van der Waals surface area contributed by atoms with Crippen LogP contribution in [0, 0.1) is 12.7 Å². The van der Waals surface area contributed by atoms with Gasteiger partial charge in [0.05, 0.1) is 0 Å². The summed E-state index contributed by atoms with van der Waals surface area (Å²) in [4.78, 5) is 0. The Morgan fingerprint density at radius 1 is 1.50 bits per heavy atom. The smallest absolute Gasteiger partial charge is 0.123 e. The lowest BCUT2D eigenvalue weighted by Gasteiger charge is -2.07. The van der Waals surface area contributed by atoms with Crippen molar-refractivity contribution in [3.05, 3.63) is 47.8 Å². The second-order valence-electron chi connectivity index (χ2n) is 2.82. The molecule has 0 aliphatic carbocycles. The van der Waals surface area contributed by atoms with Gasteiger partial charge < -0.3 is 5.73 Å². The minimum atomic E-state index is -0.278. The van der Waals surface area contributed by atoms with Crippen LogP contribution in [0.1, 0.15) is 17.2 Å². The van der Waals surface area contributed by atoms with E-state index in [4.69, 9.17) is 5.73 Å². The molecule has 0 radical (unpaired) electrons. The molecule has 0 saturated carbocycles. The van der Waals surface area contributed by atoms with Crippen LogP contribution >= 0.6 is 0 Å². The highest BCUT2D eigenvalue weighted by molar-refractivity contribution is 5.27. The van der Waals surface area contributed by atoms with E-state index in [1.54, 1.807) is 6.08 Å². The van der Waals surface area contributed by atoms with Gasteiger partial charge in [-0.05, 0) is 30.2 Å². The second kappa shape index (κ2) is 3.50. The van der Waals surface area contributed by atoms with E-state index in [1.807, 2.05) is 13.0 Å². The summed E-state index contributed by atoms with van der Waals surface area (Å²) in [6.45, 7) is 5.38. The summed E-state index contributed by atoms with van der Waals surface area (Å²) < 4.78 is 12.8. The van der Waals surface area contributed by atoms with E-state index in [0.717, 1.165) is 11.1 Å². The Morgan fingerprint density at radius 3 is 2.67 bits per heavy atom. The summed E-state index contributed by atoms with van der Waals surface area (Å²) >= 11 is 0. The van der Waals surface area contributed by atoms with Gasteiger partial charge in [-0.2, -0.15) is 0 Å². The molecule has 0 aliphatic heterocycles. The van der Waals surface area contributed by atoms with Gasteiger partial charge in [-0.25, -0.2) is 4.39 Å². The van der Waals surface area contributed by atoms with Crippen molar-refractivity contribution in [3.63, 3.8) is 0 Å². The normalized spacial score (nSPS) is 12.6. The molecule has 1 aromatic carbocycles. The lowest BCUT2D eigenvalue weighted by atomic mass is 10.1. The predicted octanol–water partition coefficient (Wildman–Crippen LogP) is 2.32. The molecule has 0 bridgehead atoms. The van der Waals surface area contributed by atoms with Gasteiger partial charge in [0, 0.05) is 6.04 Å². The minimum absolute atomic E-state index is 0.248. The first kappa shape index (κ1) is 8.94. The van der Waals surface area contributed by atoms with Crippen molar-refractivity contribution in [2.24, 2.45) is 5.73 Å². The molecule has 12 heavy (non-hydrogen) atoms. The Kier molecular flexibility index (Phi) is 2.61. The van der Waals surface area contributed by atoms with E-state index >= 15 is 0 Å². The van der Waals surface area contributed by atoms with Crippen LogP contribution in [0.15, 0.2) is 30.9 Å². The van der Waals surface area contributed by atoms with Gasteiger partial charge in [0.25, 0.3) is 0 Å². The summed E-state index contributed by atoms with van der Waals surface area (Å²) in [6, 6.07) is 4.48. The highest BCUT2D eigenvalue weighted by atomic mass is 19.1. The fourth-order valence-electron chi connectivity index (χ4n) is 1.09. The molecular weight excluding hydrogens is 153 g/mol. The Labute approximate surface area is 71.7 Å². The summed E-state index contributed by atoms with van der Waals surface area (Å²) in [7, 11) is 0. The van der Waals surface area contributed by atoms with E-state index < -0.39 is 0 Å². The topological polar surface area (TPSA) is 26.0 Å². The third-order valence-electron chi connectivity index (χ3n) is 1.70. The van der Waals surface area contributed by atoms with Crippen molar-refractivity contribution in [1.82, 2.24) is 0 Å². The zero-order valence-corrected chi connectivity index (χ0v) is 7.05. The van der Waals surface area contributed by atoms with E-state index in [9.17, 15) is 4.39 Å². The van der Waals surface area contributed by atoms with Crippen molar-refractivity contribution in [1.29, 1.82) is 0 Å². The molecule has 1 nitrogen and oxygen atoms in total. The number of halogens is 1. The predicted molar refractivity (Wildman–Crippen MR) is 48.3 cm³/mol. The lowest BCUT2D eigenvalue weighted by Crippen LogP contribution is -2.06. The average Bonchev–Trinajstić information content (AvgIpc) is 2.01. The maximum atomic E-state index is 12.8. The number of rotatable bonds is 2. The molecular formula is C10H12FN. The second-order valence-corrected chi connectivity index (χ2v) is 2.82. The van der Waals surface area contributed by atoms with E-state index in [0.29, 0.717) is 0 Å². The van der Waals surface area contributed by atoms with Crippen molar-refractivity contribution < 1.29 is 4.39 Å². The van der Waals surface area contributed by atoms with Gasteiger partial charge in [0.2, 0.25) is 0 Å². The molecule has 0 aliphatic rings. The molecule has 0 saturated heterocycles. The average molecular weight is 165 g/mol. The van der Waals surface area contributed by atoms with Gasteiger partial charge in [0.15, 0.2) is 0 Å².